The predicted octanol–water partition coefficient (Wildman–Crippen LogP) is 1.46. The highest BCUT2D eigenvalue weighted by Gasteiger charge is 2.35. The van der Waals surface area contributed by atoms with Crippen molar-refractivity contribution in [1.29, 1.82) is 0 Å². The first-order chi connectivity index (χ1) is 10.3. The smallest absolute Gasteiger partial charge is 0.229 e. The molecule has 3 saturated heterocycles. The number of rotatable bonds is 2. The van der Waals surface area contributed by atoms with Crippen LogP contribution in [-0.4, -0.2) is 53.4 Å². The van der Waals surface area contributed by atoms with Crippen LogP contribution < -0.4 is 5.32 Å². The topological polar surface area (TPSA) is 63.4 Å². The predicted molar refractivity (Wildman–Crippen MR) is 77.0 cm³/mol. The molecule has 1 aromatic rings. The lowest BCUT2D eigenvalue weighted by Crippen LogP contribution is -2.42. The summed E-state index contributed by atoms with van der Waals surface area (Å²) in [6.45, 7) is 6.13. The number of nitrogens with one attached hydrogen (secondary N) is 1. The van der Waals surface area contributed by atoms with Gasteiger partial charge >= 0.3 is 0 Å². The monoisotopic (exact) mass is 292 g/mol. The summed E-state index contributed by atoms with van der Waals surface area (Å²) in [6.07, 6.45) is 4.67. The lowest BCUT2D eigenvalue weighted by Gasteiger charge is -2.33. The zero-order valence-electron chi connectivity index (χ0n) is 12.6. The Labute approximate surface area is 125 Å². The Morgan fingerprint density at radius 2 is 2.29 bits per heavy atom. The number of fused-ring (bicyclic) bond motifs is 1. The quantitative estimate of drug-likeness (QED) is 0.890. The van der Waals surface area contributed by atoms with Gasteiger partial charge in [-0.1, -0.05) is 5.16 Å². The molecule has 1 aromatic heterocycles. The molecule has 4 heterocycles. The molecule has 1 N–H and O–H groups in total. The van der Waals surface area contributed by atoms with Crippen LogP contribution >= 0.6 is 0 Å². The summed E-state index contributed by atoms with van der Waals surface area (Å²) >= 11 is 0. The third kappa shape index (κ3) is 2.72. The van der Waals surface area contributed by atoms with E-state index in [0.29, 0.717) is 18.0 Å². The fourth-order valence-electron chi connectivity index (χ4n) is 3.87. The molecule has 4 rings (SSSR count). The van der Waals surface area contributed by atoms with E-state index in [1.807, 2.05) is 0 Å². The zero-order chi connectivity index (χ0) is 14.2. The van der Waals surface area contributed by atoms with E-state index in [9.17, 15) is 0 Å². The first kappa shape index (κ1) is 13.7. The summed E-state index contributed by atoms with van der Waals surface area (Å²) in [6, 6.07) is 1.13. The van der Waals surface area contributed by atoms with Gasteiger partial charge in [-0.25, -0.2) is 0 Å². The van der Waals surface area contributed by atoms with Crippen molar-refractivity contribution in [1.82, 2.24) is 20.4 Å². The van der Waals surface area contributed by atoms with Crippen LogP contribution in [0.3, 0.4) is 0 Å². The SMILES string of the molecule is CC1CC(c2nc(C3CN4CCCC4CO3)no2)CCN1. The Hall–Kier alpha value is -0.980. The molecule has 0 amide bonds. The first-order valence-corrected chi connectivity index (χ1v) is 8.22. The molecule has 0 saturated carbocycles. The number of morpholine rings is 1. The second-order valence-corrected chi connectivity index (χ2v) is 6.68. The number of hydrogen-bond donors (Lipinski definition) is 1. The third-order valence-corrected chi connectivity index (χ3v) is 5.11. The van der Waals surface area contributed by atoms with Crippen LogP contribution in [0.4, 0.5) is 0 Å². The second-order valence-electron chi connectivity index (χ2n) is 6.68. The highest BCUT2D eigenvalue weighted by molar-refractivity contribution is 5.01. The van der Waals surface area contributed by atoms with Crippen molar-refractivity contribution in [2.24, 2.45) is 0 Å². The van der Waals surface area contributed by atoms with Crippen molar-refractivity contribution in [2.45, 2.75) is 56.7 Å². The van der Waals surface area contributed by atoms with Crippen molar-refractivity contribution >= 4 is 0 Å². The van der Waals surface area contributed by atoms with Gasteiger partial charge in [0.15, 0.2) is 0 Å². The molecular formula is C15H24N4O2. The van der Waals surface area contributed by atoms with Crippen molar-refractivity contribution in [3.63, 3.8) is 0 Å². The van der Waals surface area contributed by atoms with Gasteiger partial charge in [-0.05, 0) is 45.7 Å². The lowest BCUT2D eigenvalue weighted by atomic mass is 9.93. The molecule has 0 aromatic carbocycles. The summed E-state index contributed by atoms with van der Waals surface area (Å²) < 4.78 is 11.5. The van der Waals surface area contributed by atoms with Crippen molar-refractivity contribution < 1.29 is 9.26 Å². The summed E-state index contributed by atoms with van der Waals surface area (Å²) in [5, 5.41) is 7.65. The second kappa shape index (κ2) is 5.66. The third-order valence-electron chi connectivity index (χ3n) is 5.11. The van der Waals surface area contributed by atoms with Gasteiger partial charge in [-0.15, -0.1) is 0 Å². The minimum atomic E-state index is -0.0176. The van der Waals surface area contributed by atoms with Gasteiger partial charge in [-0.3, -0.25) is 4.90 Å². The fraction of sp³-hybridized carbons (Fsp3) is 0.867. The number of piperidine rings is 1. The molecule has 4 unspecified atom stereocenters. The number of nitrogens with zero attached hydrogens (tertiary/aromatic N) is 3. The largest absolute Gasteiger partial charge is 0.367 e. The number of aromatic nitrogens is 2. The van der Waals surface area contributed by atoms with Gasteiger partial charge in [0.05, 0.1) is 6.61 Å². The van der Waals surface area contributed by atoms with Crippen LogP contribution in [0.25, 0.3) is 0 Å². The van der Waals surface area contributed by atoms with E-state index in [1.54, 1.807) is 0 Å². The maximum atomic E-state index is 5.96. The van der Waals surface area contributed by atoms with Crippen molar-refractivity contribution in [2.75, 3.05) is 26.2 Å². The maximum absolute atomic E-state index is 5.96. The molecule has 4 atom stereocenters. The summed E-state index contributed by atoms with van der Waals surface area (Å²) in [4.78, 5) is 7.16. The molecule has 0 radical (unpaired) electrons. The van der Waals surface area contributed by atoms with Gasteiger partial charge in [0, 0.05) is 24.5 Å². The Bertz CT molecular complexity index is 492. The van der Waals surface area contributed by atoms with E-state index in [-0.39, 0.29) is 6.10 Å². The standard InChI is InChI=1S/C15H24N4O2/c1-10-7-11(4-5-16-10)15-17-14(18-21-15)13-8-19-6-2-3-12(19)9-20-13/h10-13,16H,2-9H2,1H3. The molecule has 0 spiro atoms. The lowest BCUT2D eigenvalue weighted by molar-refractivity contribution is -0.0548. The summed E-state index contributed by atoms with van der Waals surface area (Å²) in [5.74, 6) is 1.93. The Morgan fingerprint density at radius 1 is 1.33 bits per heavy atom. The van der Waals surface area contributed by atoms with Crippen LogP contribution in [0.5, 0.6) is 0 Å². The average molecular weight is 292 g/mol. The Morgan fingerprint density at radius 3 is 3.19 bits per heavy atom. The number of ether oxygens (including phenoxy) is 1. The molecule has 3 aliphatic rings. The van der Waals surface area contributed by atoms with E-state index in [1.165, 1.54) is 19.4 Å². The van der Waals surface area contributed by atoms with E-state index < -0.39 is 0 Å². The molecule has 6 nitrogen and oxygen atoms in total. The maximum Gasteiger partial charge on any atom is 0.229 e. The van der Waals surface area contributed by atoms with E-state index in [4.69, 9.17) is 9.26 Å². The van der Waals surface area contributed by atoms with Gasteiger partial charge < -0.3 is 14.6 Å². The highest BCUT2D eigenvalue weighted by Crippen LogP contribution is 2.31. The molecule has 21 heavy (non-hydrogen) atoms. The minimum absolute atomic E-state index is 0.0176. The van der Waals surface area contributed by atoms with E-state index >= 15 is 0 Å². The summed E-state index contributed by atoms with van der Waals surface area (Å²) in [7, 11) is 0. The first-order valence-electron chi connectivity index (χ1n) is 8.22. The number of hydrogen-bond acceptors (Lipinski definition) is 6. The van der Waals surface area contributed by atoms with Gasteiger partial charge in [0.1, 0.15) is 6.10 Å². The molecule has 116 valence electrons. The molecule has 0 bridgehead atoms. The molecular weight excluding hydrogens is 268 g/mol. The van der Waals surface area contributed by atoms with E-state index in [0.717, 1.165) is 44.3 Å². The molecule has 3 aliphatic heterocycles. The van der Waals surface area contributed by atoms with Crippen LogP contribution in [0.15, 0.2) is 4.52 Å². The summed E-state index contributed by atoms with van der Waals surface area (Å²) in [5.41, 5.74) is 0. The van der Waals surface area contributed by atoms with Gasteiger partial charge in [-0.2, -0.15) is 4.98 Å². The van der Waals surface area contributed by atoms with E-state index in [2.05, 4.69) is 27.3 Å². The van der Waals surface area contributed by atoms with Crippen molar-refractivity contribution in [3.05, 3.63) is 11.7 Å². The van der Waals surface area contributed by atoms with Gasteiger partial charge in [0.2, 0.25) is 11.7 Å². The van der Waals surface area contributed by atoms with Crippen molar-refractivity contribution in [3.8, 4) is 0 Å². The Balaban J connectivity index is 1.44. The molecule has 0 aliphatic carbocycles. The minimum Gasteiger partial charge on any atom is -0.367 e. The zero-order valence-corrected chi connectivity index (χ0v) is 12.6. The molecule has 3 fully saturated rings. The average Bonchev–Trinajstić information content (AvgIpc) is 3.15. The molecule has 6 heteroatoms. The van der Waals surface area contributed by atoms with Crippen LogP contribution in [0.1, 0.15) is 56.3 Å². The van der Waals surface area contributed by atoms with Crippen LogP contribution in [0, 0.1) is 0 Å². The normalized spacial score (nSPS) is 37.6. The highest BCUT2D eigenvalue weighted by atomic mass is 16.5. The van der Waals surface area contributed by atoms with Crippen LogP contribution in [0.2, 0.25) is 0 Å². The Kier molecular flexibility index (Phi) is 3.69. The fourth-order valence-corrected chi connectivity index (χ4v) is 3.87. The van der Waals surface area contributed by atoms with Gasteiger partial charge in [0.25, 0.3) is 0 Å². The van der Waals surface area contributed by atoms with Crippen LogP contribution in [-0.2, 0) is 4.74 Å².